The van der Waals surface area contributed by atoms with E-state index in [9.17, 15) is 0 Å². The third-order valence-corrected chi connectivity index (χ3v) is 2.97. The standard InChI is InChI=1S/C11H14N4/c1-2-4-15(5-3-1)11-6-9-10(7-12-11)14-8-13-9/h6-8H,1-5H2,(H,13,14). The van der Waals surface area contributed by atoms with Crippen LogP contribution in [-0.4, -0.2) is 28.0 Å². The molecular formula is C11H14N4. The summed E-state index contributed by atoms with van der Waals surface area (Å²) in [4.78, 5) is 14.1. The van der Waals surface area contributed by atoms with Crippen molar-refractivity contribution in [1.82, 2.24) is 15.0 Å². The van der Waals surface area contributed by atoms with Crippen molar-refractivity contribution in [2.45, 2.75) is 19.3 Å². The molecule has 78 valence electrons. The minimum absolute atomic E-state index is 1.01. The molecular weight excluding hydrogens is 188 g/mol. The van der Waals surface area contributed by atoms with Crippen molar-refractivity contribution >= 4 is 16.9 Å². The van der Waals surface area contributed by atoms with Gasteiger partial charge in [-0.25, -0.2) is 9.97 Å². The van der Waals surface area contributed by atoms with Crippen molar-refractivity contribution in [3.05, 3.63) is 18.6 Å². The fraction of sp³-hybridized carbons (Fsp3) is 0.455. The lowest BCUT2D eigenvalue weighted by Gasteiger charge is -2.27. The molecule has 0 bridgehead atoms. The zero-order valence-electron chi connectivity index (χ0n) is 8.61. The molecule has 0 spiro atoms. The second-order valence-corrected chi connectivity index (χ2v) is 4.01. The van der Waals surface area contributed by atoms with Gasteiger partial charge in [-0.3, -0.25) is 0 Å². The first-order valence-corrected chi connectivity index (χ1v) is 5.47. The minimum Gasteiger partial charge on any atom is -0.357 e. The Bertz CT molecular complexity index is 456. The Morgan fingerprint density at radius 3 is 2.87 bits per heavy atom. The number of piperidine rings is 1. The van der Waals surface area contributed by atoms with E-state index in [2.05, 4.69) is 25.9 Å². The van der Waals surface area contributed by atoms with E-state index in [1.165, 1.54) is 19.3 Å². The molecule has 1 aliphatic heterocycles. The molecule has 0 saturated carbocycles. The highest BCUT2D eigenvalue weighted by molar-refractivity contribution is 5.76. The van der Waals surface area contributed by atoms with E-state index in [1.54, 1.807) is 6.33 Å². The summed E-state index contributed by atoms with van der Waals surface area (Å²) in [5.74, 6) is 1.06. The normalized spacial score (nSPS) is 17.2. The predicted molar refractivity (Wildman–Crippen MR) is 60.0 cm³/mol. The first-order chi connectivity index (χ1) is 7.43. The highest BCUT2D eigenvalue weighted by Gasteiger charge is 2.12. The highest BCUT2D eigenvalue weighted by atomic mass is 15.2. The van der Waals surface area contributed by atoms with E-state index in [0.29, 0.717) is 0 Å². The lowest BCUT2D eigenvalue weighted by molar-refractivity contribution is 0.574. The summed E-state index contributed by atoms with van der Waals surface area (Å²) in [6.07, 6.45) is 7.49. The number of anilines is 1. The van der Waals surface area contributed by atoms with Crippen molar-refractivity contribution in [3.63, 3.8) is 0 Å². The molecule has 15 heavy (non-hydrogen) atoms. The van der Waals surface area contributed by atoms with Crippen LogP contribution in [0.1, 0.15) is 19.3 Å². The number of nitrogens with zero attached hydrogens (tertiary/aromatic N) is 3. The van der Waals surface area contributed by atoms with Crippen LogP contribution in [-0.2, 0) is 0 Å². The molecule has 1 saturated heterocycles. The molecule has 4 heteroatoms. The van der Waals surface area contributed by atoms with E-state index in [0.717, 1.165) is 29.9 Å². The molecule has 0 aromatic carbocycles. The lowest BCUT2D eigenvalue weighted by Crippen LogP contribution is -2.29. The number of aromatic nitrogens is 3. The SMILES string of the molecule is c1nc2cc(N3CCCCC3)ncc2[nH]1. The van der Waals surface area contributed by atoms with Gasteiger partial charge in [0.05, 0.1) is 23.6 Å². The Hall–Kier alpha value is -1.58. The van der Waals surface area contributed by atoms with Gasteiger partial charge in [-0.1, -0.05) is 0 Å². The summed E-state index contributed by atoms with van der Waals surface area (Å²) in [5.41, 5.74) is 2.02. The van der Waals surface area contributed by atoms with Crippen molar-refractivity contribution < 1.29 is 0 Å². The number of hydrogen-bond donors (Lipinski definition) is 1. The maximum atomic E-state index is 4.46. The molecule has 4 nitrogen and oxygen atoms in total. The Labute approximate surface area is 88.3 Å². The first-order valence-electron chi connectivity index (χ1n) is 5.47. The number of H-pyrrole nitrogens is 1. The maximum Gasteiger partial charge on any atom is 0.130 e. The van der Waals surface area contributed by atoms with E-state index in [-0.39, 0.29) is 0 Å². The van der Waals surface area contributed by atoms with Crippen molar-refractivity contribution in [2.24, 2.45) is 0 Å². The summed E-state index contributed by atoms with van der Waals surface area (Å²) < 4.78 is 0. The van der Waals surface area contributed by atoms with Crippen molar-refractivity contribution in [2.75, 3.05) is 18.0 Å². The van der Waals surface area contributed by atoms with E-state index >= 15 is 0 Å². The van der Waals surface area contributed by atoms with Crippen LogP contribution in [0, 0.1) is 0 Å². The third kappa shape index (κ3) is 1.56. The maximum absolute atomic E-state index is 4.46. The summed E-state index contributed by atoms with van der Waals surface area (Å²) in [6.45, 7) is 2.26. The average Bonchev–Trinajstić information content (AvgIpc) is 2.77. The number of fused-ring (bicyclic) bond motifs is 1. The highest BCUT2D eigenvalue weighted by Crippen LogP contribution is 2.20. The Morgan fingerprint density at radius 2 is 2.00 bits per heavy atom. The van der Waals surface area contributed by atoms with Crippen LogP contribution >= 0.6 is 0 Å². The molecule has 0 unspecified atom stereocenters. The molecule has 2 aromatic rings. The fourth-order valence-electron chi connectivity index (χ4n) is 2.12. The Balaban J connectivity index is 1.95. The quantitative estimate of drug-likeness (QED) is 0.768. The first kappa shape index (κ1) is 8.71. The summed E-state index contributed by atoms with van der Waals surface area (Å²) in [6, 6.07) is 2.07. The number of pyridine rings is 1. The third-order valence-electron chi connectivity index (χ3n) is 2.97. The average molecular weight is 202 g/mol. The van der Waals surface area contributed by atoms with Gasteiger partial charge in [0.15, 0.2) is 0 Å². The molecule has 0 amide bonds. The van der Waals surface area contributed by atoms with Crippen LogP contribution < -0.4 is 4.90 Å². The van der Waals surface area contributed by atoms with E-state index in [1.807, 2.05) is 6.20 Å². The zero-order chi connectivity index (χ0) is 10.1. The van der Waals surface area contributed by atoms with Crippen LogP contribution in [0.5, 0.6) is 0 Å². The van der Waals surface area contributed by atoms with Gasteiger partial charge in [0, 0.05) is 19.2 Å². The van der Waals surface area contributed by atoms with Crippen LogP contribution in [0.4, 0.5) is 5.82 Å². The summed E-state index contributed by atoms with van der Waals surface area (Å²) in [7, 11) is 0. The van der Waals surface area contributed by atoms with Gasteiger partial charge in [0.2, 0.25) is 0 Å². The zero-order valence-corrected chi connectivity index (χ0v) is 8.61. The monoisotopic (exact) mass is 202 g/mol. The molecule has 0 radical (unpaired) electrons. The number of hydrogen-bond acceptors (Lipinski definition) is 3. The molecule has 2 aromatic heterocycles. The van der Waals surface area contributed by atoms with Crippen LogP contribution in [0.2, 0.25) is 0 Å². The van der Waals surface area contributed by atoms with Crippen molar-refractivity contribution in [3.8, 4) is 0 Å². The molecule has 3 rings (SSSR count). The smallest absolute Gasteiger partial charge is 0.130 e. The summed E-state index contributed by atoms with van der Waals surface area (Å²) in [5, 5.41) is 0. The fourth-order valence-corrected chi connectivity index (χ4v) is 2.12. The largest absolute Gasteiger partial charge is 0.357 e. The van der Waals surface area contributed by atoms with E-state index in [4.69, 9.17) is 0 Å². The Kier molecular flexibility index (Phi) is 2.05. The van der Waals surface area contributed by atoms with Gasteiger partial charge in [-0.2, -0.15) is 0 Å². The van der Waals surface area contributed by atoms with Crippen LogP contribution in [0.25, 0.3) is 11.0 Å². The summed E-state index contributed by atoms with van der Waals surface area (Å²) >= 11 is 0. The number of aromatic amines is 1. The second kappa shape index (κ2) is 3.53. The van der Waals surface area contributed by atoms with Crippen molar-refractivity contribution in [1.29, 1.82) is 0 Å². The molecule has 0 atom stereocenters. The van der Waals surface area contributed by atoms with Gasteiger partial charge >= 0.3 is 0 Å². The topological polar surface area (TPSA) is 44.8 Å². The number of nitrogens with one attached hydrogen (secondary N) is 1. The van der Waals surface area contributed by atoms with Gasteiger partial charge in [-0.15, -0.1) is 0 Å². The predicted octanol–water partition coefficient (Wildman–Crippen LogP) is 1.95. The molecule has 1 N–H and O–H groups in total. The van der Waals surface area contributed by atoms with Gasteiger partial charge in [-0.05, 0) is 19.3 Å². The van der Waals surface area contributed by atoms with Crippen LogP contribution in [0.3, 0.4) is 0 Å². The lowest BCUT2D eigenvalue weighted by atomic mass is 10.1. The Morgan fingerprint density at radius 1 is 1.13 bits per heavy atom. The number of imidazole rings is 1. The van der Waals surface area contributed by atoms with Gasteiger partial charge in [0.25, 0.3) is 0 Å². The van der Waals surface area contributed by atoms with E-state index < -0.39 is 0 Å². The molecule has 1 fully saturated rings. The molecule has 3 heterocycles. The van der Waals surface area contributed by atoms with Gasteiger partial charge < -0.3 is 9.88 Å². The second-order valence-electron chi connectivity index (χ2n) is 4.01. The van der Waals surface area contributed by atoms with Crippen LogP contribution in [0.15, 0.2) is 18.6 Å². The minimum atomic E-state index is 1.01. The molecule has 0 aliphatic carbocycles. The number of rotatable bonds is 1. The van der Waals surface area contributed by atoms with Gasteiger partial charge in [0.1, 0.15) is 5.82 Å². The molecule has 1 aliphatic rings.